The van der Waals surface area contributed by atoms with Gasteiger partial charge in [-0.2, -0.15) is 4.31 Å². The molecule has 0 aliphatic carbocycles. The Hall–Kier alpha value is -1.19. The zero-order valence-corrected chi connectivity index (χ0v) is 15.3. The summed E-state index contributed by atoms with van der Waals surface area (Å²) in [7, 11) is -3.21. The highest BCUT2D eigenvalue weighted by Crippen LogP contribution is 2.37. The lowest BCUT2D eigenvalue weighted by molar-refractivity contribution is -0.154. The monoisotopic (exact) mass is 367 g/mol. The number of morpholine rings is 1. The molecule has 1 aromatic carbocycles. The third kappa shape index (κ3) is 3.17. The number of sulfonamides is 1. The maximum atomic E-state index is 12.1. The summed E-state index contributed by atoms with van der Waals surface area (Å²) in [6, 6.07) is 7.51. The summed E-state index contributed by atoms with van der Waals surface area (Å²) in [5.41, 5.74) is 0.770. The van der Waals surface area contributed by atoms with Gasteiger partial charge in [0.25, 0.3) is 0 Å². The Morgan fingerprint density at radius 2 is 2.04 bits per heavy atom. The third-order valence-corrected chi connectivity index (χ3v) is 6.83. The van der Waals surface area contributed by atoms with E-state index in [1.54, 1.807) is 10.4 Å². The molecule has 3 fully saturated rings. The van der Waals surface area contributed by atoms with E-state index in [2.05, 4.69) is 9.80 Å². The first kappa shape index (κ1) is 17.2. The third-order valence-electron chi connectivity index (χ3n) is 5.61. The van der Waals surface area contributed by atoms with Crippen LogP contribution in [0.25, 0.3) is 0 Å². The zero-order valence-electron chi connectivity index (χ0n) is 14.5. The topological polar surface area (TPSA) is 73.3 Å². The summed E-state index contributed by atoms with van der Waals surface area (Å²) in [6.45, 7) is 5.51. The van der Waals surface area contributed by atoms with Gasteiger partial charge in [-0.25, -0.2) is 8.42 Å². The van der Waals surface area contributed by atoms with Crippen LogP contribution in [0.3, 0.4) is 0 Å². The molecule has 25 heavy (non-hydrogen) atoms. The minimum absolute atomic E-state index is 0.129. The Morgan fingerprint density at radius 1 is 1.28 bits per heavy atom. The maximum Gasteiger partial charge on any atom is 0.211 e. The van der Waals surface area contributed by atoms with Crippen LogP contribution in [0.5, 0.6) is 5.75 Å². The van der Waals surface area contributed by atoms with E-state index in [1.165, 1.54) is 6.26 Å². The number of piperazine rings is 1. The Labute approximate surface area is 148 Å². The Kier molecular flexibility index (Phi) is 4.28. The first-order valence-corrected chi connectivity index (χ1v) is 10.5. The first-order chi connectivity index (χ1) is 11.9. The minimum Gasteiger partial charge on any atom is -0.508 e. The number of ether oxygens (including phenoxy) is 1. The molecule has 7 nitrogen and oxygen atoms in total. The van der Waals surface area contributed by atoms with Gasteiger partial charge in [-0.1, -0.05) is 18.2 Å². The van der Waals surface area contributed by atoms with Crippen molar-refractivity contribution < 1.29 is 18.3 Å². The van der Waals surface area contributed by atoms with Crippen LogP contribution in [-0.2, 0) is 21.3 Å². The number of phenolic OH excluding ortho intramolecular Hbond substituents is 1. The van der Waals surface area contributed by atoms with Crippen molar-refractivity contribution in [3.8, 4) is 5.75 Å². The highest BCUT2D eigenvalue weighted by atomic mass is 32.2. The summed E-state index contributed by atoms with van der Waals surface area (Å²) in [4.78, 5) is 4.73. The van der Waals surface area contributed by atoms with Gasteiger partial charge < -0.3 is 9.84 Å². The number of fused-ring (bicyclic) bond motifs is 2. The number of aromatic hydroxyl groups is 1. The molecule has 0 saturated carbocycles. The molecule has 3 heterocycles. The summed E-state index contributed by atoms with van der Waals surface area (Å²) >= 11 is 0. The number of para-hydroxylation sites is 1. The van der Waals surface area contributed by atoms with Crippen LogP contribution >= 0.6 is 0 Å². The van der Waals surface area contributed by atoms with Gasteiger partial charge in [0.1, 0.15) is 5.75 Å². The van der Waals surface area contributed by atoms with Gasteiger partial charge >= 0.3 is 0 Å². The molecule has 138 valence electrons. The standard InChI is InChI=1S/C17H25N3O4S/c1-25(22,23)19-9-15-10-24-7-6-20(15)17(13-19)11-18(12-17)8-14-4-2-3-5-16(14)21/h2-5,15,21H,6-13H2,1H3. The fraction of sp³-hybridized carbons (Fsp3) is 0.647. The SMILES string of the molecule is CS(=O)(=O)N1CC2COCCN2C2(CN(Cc3ccccc3O)C2)C1. The fourth-order valence-corrected chi connectivity index (χ4v) is 5.38. The van der Waals surface area contributed by atoms with Gasteiger partial charge in [-0.15, -0.1) is 0 Å². The molecule has 1 N–H and O–H groups in total. The van der Waals surface area contributed by atoms with E-state index >= 15 is 0 Å². The first-order valence-electron chi connectivity index (χ1n) is 8.66. The van der Waals surface area contributed by atoms with E-state index < -0.39 is 10.0 Å². The summed E-state index contributed by atoms with van der Waals surface area (Å²) in [6.07, 6.45) is 1.29. The van der Waals surface area contributed by atoms with Gasteiger partial charge in [-0.3, -0.25) is 9.80 Å². The second-order valence-corrected chi connectivity index (χ2v) is 9.46. The number of phenols is 1. The average molecular weight is 367 g/mol. The highest BCUT2D eigenvalue weighted by Gasteiger charge is 2.55. The molecule has 1 spiro atoms. The van der Waals surface area contributed by atoms with Crippen LogP contribution in [0.1, 0.15) is 5.56 Å². The smallest absolute Gasteiger partial charge is 0.211 e. The quantitative estimate of drug-likeness (QED) is 0.806. The Morgan fingerprint density at radius 3 is 2.76 bits per heavy atom. The van der Waals surface area contributed by atoms with E-state index in [0.29, 0.717) is 38.6 Å². The van der Waals surface area contributed by atoms with E-state index in [4.69, 9.17) is 4.74 Å². The number of hydrogen-bond acceptors (Lipinski definition) is 6. The predicted molar refractivity (Wildman–Crippen MR) is 93.8 cm³/mol. The highest BCUT2D eigenvalue weighted by molar-refractivity contribution is 7.88. The maximum absolute atomic E-state index is 12.1. The van der Waals surface area contributed by atoms with Crippen LogP contribution in [0, 0.1) is 0 Å². The molecule has 3 saturated heterocycles. The lowest BCUT2D eigenvalue weighted by Crippen LogP contribution is -2.80. The van der Waals surface area contributed by atoms with E-state index in [1.807, 2.05) is 18.2 Å². The lowest BCUT2D eigenvalue weighted by Gasteiger charge is -2.63. The largest absolute Gasteiger partial charge is 0.508 e. The molecule has 0 aromatic heterocycles. The average Bonchev–Trinajstić information content (AvgIpc) is 2.54. The number of nitrogens with zero attached hydrogens (tertiary/aromatic N) is 3. The summed E-state index contributed by atoms with van der Waals surface area (Å²) in [5.74, 6) is 0.314. The molecular weight excluding hydrogens is 342 g/mol. The van der Waals surface area contributed by atoms with E-state index in [0.717, 1.165) is 25.2 Å². The molecule has 1 aromatic rings. The lowest BCUT2D eigenvalue weighted by atomic mass is 9.83. The molecule has 3 aliphatic heterocycles. The second kappa shape index (κ2) is 6.21. The predicted octanol–water partition coefficient (Wildman–Crippen LogP) is -0.0774. The van der Waals surface area contributed by atoms with Gasteiger partial charge in [0.2, 0.25) is 10.0 Å². The van der Waals surface area contributed by atoms with Gasteiger partial charge in [0.05, 0.1) is 25.0 Å². The number of hydrogen-bond donors (Lipinski definition) is 1. The molecule has 0 radical (unpaired) electrons. The van der Waals surface area contributed by atoms with Crippen molar-refractivity contribution >= 4 is 10.0 Å². The Bertz CT molecular complexity index is 748. The van der Waals surface area contributed by atoms with E-state index in [-0.39, 0.29) is 11.6 Å². The van der Waals surface area contributed by atoms with Crippen molar-refractivity contribution in [1.29, 1.82) is 0 Å². The van der Waals surface area contributed by atoms with Crippen LogP contribution in [0.2, 0.25) is 0 Å². The van der Waals surface area contributed by atoms with Crippen molar-refractivity contribution in [2.24, 2.45) is 0 Å². The van der Waals surface area contributed by atoms with Crippen LogP contribution < -0.4 is 0 Å². The number of likely N-dealkylation sites (tertiary alicyclic amines) is 1. The molecule has 4 rings (SSSR count). The van der Waals surface area contributed by atoms with Crippen molar-refractivity contribution in [2.75, 3.05) is 52.2 Å². The molecular formula is C17H25N3O4S. The molecule has 0 bridgehead atoms. The normalized spacial score (nSPS) is 27.8. The van der Waals surface area contributed by atoms with Crippen molar-refractivity contribution in [3.63, 3.8) is 0 Å². The molecule has 8 heteroatoms. The van der Waals surface area contributed by atoms with Gasteiger partial charge in [-0.05, 0) is 6.07 Å². The van der Waals surface area contributed by atoms with Gasteiger partial charge in [0, 0.05) is 50.9 Å². The van der Waals surface area contributed by atoms with E-state index in [9.17, 15) is 13.5 Å². The zero-order chi connectivity index (χ0) is 17.7. The van der Waals surface area contributed by atoms with Crippen molar-refractivity contribution in [1.82, 2.24) is 14.1 Å². The molecule has 3 aliphatic rings. The van der Waals surface area contributed by atoms with Crippen LogP contribution in [0.4, 0.5) is 0 Å². The minimum atomic E-state index is -3.21. The number of rotatable bonds is 3. The second-order valence-electron chi connectivity index (χ2n) is 7.48. The molecule has 0 amide bonds. The molecule has 1 atom stereocenters. The van der Waals surface area contributed by atoms with Crippen molar-refractivity contribution in [3.05, 3.63) is 29.8 Å². The summed E-state index contributed by atoms with van der Waals surface area (Å²) < 4.78 is 31.5. The van der Waals surface area contributed by atoms with Crippen molar-refractivity contribution in [2.45, 2.75) is 18.1 Å². The fourth-order valence-electron chi connectivity index (χ4n) is 4.47. The molecule has 1 unspecified atom stereocenters. The van der Waals surface area contributed by atoms with Crippen LogP contribution in [0.15, 0.2) is 24.3 Å². The van der Waals surface area contributed by atoms with Crippen LogP contribution in [-0.4, -0.2) is 91.4 Å². The number of benzene rings is 1. The summed E-state index contributed by atoms with van der Waals surface area (Å²) in [5, 5.41) is 9.98. The van der Waals surface area contributed by atoms with Gasteiger partial charge in [0.15, 0.2) is 0 Å². The Balaban J connectivity index is 1.51.